The molecular formula is C55H70N6O6. The third kappa shape index (κ3) is 9.22. The van der Waals surface area contributed by atoms with E-state index in [1.807, 2.05) is 16.0 Å². The van der Waals surface area contributed by atoms with Crippen LogP contribution in [0.15, 0.2) is 58.8 Å². The summed E-state index contributed by atoms with van der Waals surface area (Å²) in [5.74, 6) is 0.252. The number of fused-ring (bicyclic) bond motifs is 1. The quantitative estimate of drug-likeness (QED) is 0.230. The van der Waals surface area contributed by atoms with Crippen LogP contribution in [0, 0.1) is 17.3 Å². The highest BCUT2D eigenvalue weighted by atomic mass is 16.5. The second-order valence-corrected chi connectivity index (χ2v) is 21.1. The third-order valence-electron chi connectivity index (χ3n) is 17.2. The molecule has 0 aromatic heterocycles. The van der Waals surface area contributed by atoms with E-state index < -0.39 is 24.3 Å². The molecule has 356 valence electrons. The Morgan fingerprint density at radius 2 is 1.03 bits per heavy atom. The Morgan fingerprint density at radius 1 is 0.567 bits per heavy atom. The Labute approximate surface area is 396 Å². The first-order valence-electron chi connectivity index (χ1n) is 25.8. The van der Waals surface area contributed by atoms with Crippen molar-refractivity contribution in [1.82, 2.24) is 20.4 Å². The van der Waals surface area contributed by atoms with Gasteiger partial charge in [-0.15, -0.1) is 0 Å². The number of nitrogens with zero attached hydrogens (tertiary/aromatic N) is 4. The summed E-state index contributed by atoms with van der Waals surface area (Å²) in [4.78, 5) is 67.5. The lowest BCUT2D eigenvalue weighted by molar-refractivity contribution is -0.135. The van der Waals surface area contributed by atoms with Gasteiger partial charge in [0, 0.05) is 49.8 Å². The van der Waals surface area contributed by atoms with E-state index in [0.29, 0.717) is 24.9 Å². The molecular weight excluding hydrogens is 841 g/mol. The van der Waals surface area contributed by atoms with E-state index in [2.05, 4.69) is 53.2 Å². The number of hydrogen-bond donors (Lipinski definition) is 2. The van der Waals surface area contributed by atoms with Crippen LogP contribution in [-0.4, -0.2) is 96.7 Å². The second-order valence-electron chi connectivity index (χ2n) is 21.1. The number of hydrogen-bond acceptors (Lipinski definition) is 8. The molecule has 4 atom stereocenters. The highest BCUT2D eigenvalue weighted by Gasteiger charge is 2.45. The predicted octanol–water partition coefficient (Wildman–Crippen LogP) is 9.98. The van der Waals surface area contributed by atoms with Gasteiger partial charge in [-0.3, -0.25) is 19.6 Å². The average Bonchev–Trinajstić information content (AvgIpc) is 4.24. The highest BCUT2D eigenvalue weighted by Crippen LogP contribution is 2.53. The van der Waals surface area contributed by atoms with Gasteiger partial charge in [0.25, 0.3) is 0 Å². The maximum atomic E-state index is 14.3. The molecule has 10 rings (SSSR count). The zero-order valence-corrected chi connectivity index (χ0v) is 39.8. The Hall–Kier alpha value is -5.26. The summed E-state index contributed by atoms with van der Waals surface area (Å²) in [6.07, 6.45) is 25.8. The highest BCUT2D eigenvalue weighted by molar-refractivity contribution is 6.05. The lowest BCUT2D eigenvalue weighted by Gasteiger charge is -2.34. The Balaban J connectivity index is 0.829. The molecule has 2 aromatic rings. The minimum atomic E-state index is -0.571. The average molecular weight is 911 g/mol. The molecule has 0 radical (unpaired) electrons. The Kier molecular flexibility index (Phi) is 13.4. The van der Waals surface area contributed by atoms with Crippen LogP contribution in [0.5, 0.6) is 0 Å². The number of benzene rings is 2. The van der Waals surface area contributed by atoms with Crippen molar-refractivity contribution in [3.8, 4) is 11.1 Å². The molecule has 0 unspecified atom stereocenters. The smallest absolute Gasteiger partial charge is 0.407 e. The second kappa shape index (κ2) is 19.8. The molecule has 1 spiro atoms. The third-order valence-corrected chi connectivity index (χ3v) is 17.2. The SMILES string of the molecule is COC(=O)N[C@H](C(=O)N1CCC[C@H]1C1=NC=C(c2ccc(-c3ccc(C4=CN=C([C@@H]5CCCN5C(=O)[C@@H](NC(=O)OC)C5CCCCC5)C4)c4c3CC3(CCCC3)C4)cc2)C1)C1CCCCC1. The van der Waals surface area contributed by atoms with E-state index in [9.17, 15) is 19.2 Å². The summed E-state index contributed by atoms with van der Waals surface area (Å²) >= 11 is 0. The van der Waals surface area contributed by atoms with Crippen LogP contribution in [0.25, 0.3) is 22.3 Å². The molecule has 2 aromatic carbocycles. The molecule has 2 saturated heterocycles. The standard InChI is InChI=1S/C55H70N6O6/c1-66-53(64)58-49(37-13-5-3-6-14-37)51(62)60-27-11-17-47(60)45-29-39(33-56-45)35-19-21-36(22-20-35)41-23-24-42(44-32-55(31-43(41)44)25-9-10-26-55)40-30-46(57-34-40)48-18-12-28-61(48)52(63)50(59-54(65)67-2)38-15-7-4-8-16-38/h19-24,33-34,37-38,47-50H,3-18,25-32H2,1-2H3,(H,58,64)(H,59,65)/t47-,48-,49-,50-/m0/s1. The molecule has 4 amide bonds. The van der Waals surface area contributed by atoms with Crippen LogP contribution < -0.4 is 10.6 Å². The number of nitrogens with one attached hydrogen (secondary N) is 2. The van der Waals surface area contributed by atoms with Gasteiger partial charge in [0.1, 0.15) is 12.1 Å². The summed E-state index contributed by atoms with van der Waals surface area (Å²) in [5, 5.41) is 5.86. The maximum Gasteiger partial charge on any atom is 0.407 e. The van der Waals surface area contributed by atoms with Gasteiger partial charge >= 0.3 is 12.2 Å². The molecule has 4 aliphatic heterocycles. The fourth-order valence-corrected chi connectivity index (χ4v) is 13.6. The van der Waals surface area contributed by atoms with Crippen molar-refractivity contribution in [2.45, 2.75) is 165 Å². The van der Waals surface area contributed by atoms with Gasteiger partial charge in [-0.05, 0) is 139 Å². The first-order chi connectivity index (χ1) is 32.7. The van der Waals surface area contributed by atoms with E-state index in [0.717, 1.165) is 113 Å². The monoisotopic (exact) mass is 911 g/mol. The first kappa shape index (κ1) is 45.5. The van der Waals surface area contributed by atoms with Crippen LogP contribution in [0.4, 0.5) is 9.59 Å². The van der Waals surface area contributed by atoms with Crippen molar-refractivity contribution in [1.29, 1.82) is 0 Å². The first-order valence-corrected chi connectivity index (χ1v) is 25.8. The molecule has 4 aliphatic carbocycles. The van der Waals surface area contributed by atoms with Crippen molar-refractivity contribution < 1.29 is 28.7 Å². The number of allylic oxidation sites excluding steroid dienone is 2. The lowest BCUT2D eigenvalue weighted by Crippen LogP contribution is -2.54. The van der Waals surface area contributed by atoms with Crippen LogP contribution in [0.1, 0.15) is 151 Å². The largest absolute Gasteiger partial charge is 0.453 e. The number of amides is 4. The number of methoxy groups -OCH3 is 2. The van der Waals surface area contributed by atoms with Gasteiger partial charge in [0.05, 0.1) is 26.3 Å². The number of likely N-dealkylation sites (tertiary alicyclic amines) is 2. The number of ether oxygens (including phenoxy) is 2. The summed E-state index contributed by atoms with van der Waals surface area (Å²) in [6, 6.07) is 12.4. The molecule has 0 bridgehead atoms. The summed E-state index contributed by atoms with van der Waals surface area (Å²) in [5.41, 5.74) is 12.8. The van der Waals surface area contributed by atoms with E-state index in [-0.39, 0.29) is 35.7 Å². The molecule has 12 nitrogen and oxygen atoms in total. The van der Waals surface area contributed by atoms with Gasteiger partial charge in [-0.1, -0.05) is 87.8 Å². The maximum absolute atomic E-state index is 14.3. The summed E-state index contributed by atoms with van der Waals surface area (Å²) in [6.45, 7) is 1.35. The minimum absolute atomic E-state index is 0.00281. The molecule has 3 saturated carbocycles. The molecule has 67 heavy (non-hydrogen) atoms. The van der Waals surface area contributed by atoms with E-state index in [1.165, 1.54) is 91.7 Å². The Morgan fingerprint density at radius 3 is 1.55 bits per heavy atom. The Bertz CT molecular complexity index is 2350. The van der Waals surface area contributed by atoms with E-state index >= 15 is 0 Å². The summed E-state index contributed by atoms with van der Waals surface area (Å²) in [7, 11) is 2.72. The van der Waals surface area contributed by atoms with Gasteiger partial charge in [-0.2, -0.15) is 0 Å². The lowest BCUT2D eigenvalue weighted by atomic mass is 9.82. The zero-order valence-electron chi connectivity index (χ0n) is 39.8. The van der Waals surface area contributed by atoms with Crippen LogP contribution in [0.3, 0.4) is 0 Å². The number of carbonyl (C=O) groups excluding carboxylic acids is 4. The van der Waals surface area contributed by atoms with Crippen LogP contribution in [0.2, 0.25) is 0 Å². The number of rotatable bonds is 11. The summed E-state index contributed by atoms with van der Waals surface area (Å²) < 4.78 is 9.94. The van der Waals surface area contributed by atoms with Crippen molar-refractivity contribution in [3.63, 3.8) is 0 Å². The van der Waals surface area contributed by atoms with Gasteiger partial charge in [-0.25, -0.2) is 9.59 Å². The number of carbonyl (C=O) groups is 4. The van der Waals surface area contributed by atoms with E-state index in [4.69, 9.17) is 19.5 Å². The molecule has 4 heterocycles. The molecule has 5 fully saturated rings. The minimum Gasteiger partial charge on any atom is -0.453 e. The van der Waals surface area contributed by atoms with Crippen molar-refractivity contribution >= 4 is 46.6 Å². The fraction of sp³-hybridized carbons (Fsp3) is 0.600. The molecule has 12 heteroatoms. The number of alkyl carbamates (subject to hydrolysis) is 2. The van der Waals surface area contributed by atoms with Gasteiger partial charge in [0.2, 0.25) is 11.8 Å². The topological polar surface area (TPSA) is 142 Å². The van der Waals surface area contributed by atoms with Crippen molar-refractivity contribution in [3.05, 3.63) is 71.1 Å². The molecule has 8 aliphatic rings. The van der Waals surface area contributed by atoms with Crippen LogP contribution >= 0.6 is 0 Å². The predicted molar refractivity (Wildman–Crippen MR) is 262 cm³/mol. The van der Waals surface area contributed by atoms with Gasteiger partial charge < -0.3 is 29.9 Å². The number of aliphatic imine (C=N–C) groups is 2. The molecule has 2 N–H and O–H groups in total. The fourth-order valence-electron chi connectivity index (χ4n) is 13.6. The van der Waals surface area contributed by atoms with Crippen LogP contribution in [-0.2, 0) is 31.9 Å². The van der Waals surface area contributed by atoms with Crippen molar-refractivity contribution in [2.24, 2.45) is 27.2 Å². The normalized spacial score (nSPS) is 24.7. The zero-order chi connectivity index (χ0) is 46.1. The van der Waals surface area contributed by atoms with Crippen molar-refractivity contribution in [2.75, 3.05) is 27.3 Å². The van der Waals surface area contributed by atoms with Gasteiger partial charge in [0.15, 0.2) is 0 Å². The van der Waals surface area contributed by atoms with E-state index in [1.54, 1.807) is 0 Å².